The van der Waals surface area contributed by atoms with E-state index in [4.69, 9.17) is 5.84 Å². The van der Waals surface area contributed by atoms with E-state index in [0.717, 1.165) is 6.54 Å². The number of hydrogen-bond donors (Lipinski definition) is 2. The minimum atomic E-state index is 0.781. The lowest BCUT2D eigenvalue weighted by atomic mass is 10.8. The minimum absolute atomic E-state index is 0.781. The van der Waals surface area contributed by atoms with Crippen molar-refractivity contribution in [2.24, 2.45) is 5.84 Å². The van der Waals surface area contributed by atoms with Crippen LogP contribution in [-0.2, 0) is 0 Å². The molecule has 3 heteroatoms. The van der Waals surface area contributed by atoms with Gasteiger partial charge in [-0.05, 0) is 0 Å². The lowest BCUT2D eigenvalue weighted by molar-refractivity contribution is 0.535. The first-order chi connectivity index (χ1) is 2.27. The van der Waals surface area contributed by atoms with E-state index < -0.39 is 0 Å². The van der Waals surface area contributed by atoms with Gasteiger partial charge in [-0.2, -0.15) is 4.41 Å². The Labute approximate surface area is 37.5 Å². The third-order valence-corrected chi connectivity index (χ3v) is 0.607. The van der Waals surface area contributed by atoms with Crippen molar-refractivity contribution in [2.45, 2.75) is 6.92 Å². The summed E-state index contributed by atoms with van der Waals surface area (Å²) in [6.07, 6.45) is 0. The first-order valence-corrected chi connectivity index (χ1v) is 1.88. The van der Waals surface area contributed by atoms with Crippen molar-refractivity contribution < 1.29 is 0 Å². The van der Waals surface area contributed by atoms with Gasteiger partial charge in [-0.15, -0.1) is 0 Å². The van der Waals surface area contributed by atoms with Crippen molar-refractivity contribution in [1.29, 1.82) is 0 Å². The van der Waals surface area contributed by atoms with Crippen LogP contribution >= 0.6 is 12.8 Å². The van der Waals surface area contributed by atoms with Gasteiger partial charge in [-0.25, -0.2) is 0 Å². The Morgan fingerprint density at radius 2 is 2.20 bits per heavy atom. The summed E-state index contributed by atoms with van der Waals surface area (Å²) < 4.78 is 1.32. The van der Waals surface area contributed by atoms with Crippen LogP contribution in [-0.4, -0.2) is 11.0 Å². The largest absolute Gasteiger partial charge is 0.259 e. The molecule has 0 amide bonds. The maximum atomic E-state index is 4.99. The molecule has 0 heterocycles. The molecule has 0 aliphatic rings. The molecule has 0 fully saturated rings. The van der Waals surface area contributed by atoms with Crippen LogP contribution in [0.3, 0.4) is 0 Å². The van der Waals surface area contributed by atoms with Crippen molar-refractivity contribution in [3.05, 3.63) is 0 Å². The quantitative estimate of drug-likeness (QED) is 0.271. The molecule has 0 radical (unpaired) electrons. The summed E-state index contributed by atoms with van der Waals surface area (Å²) in [5, 5.41) is 0. The summed E-state index contributed by atoms with van der Waals surface area (Å²) in [6.45, 7) is 2.70. The van der Waals surface area contributed by atoms with Crippen molar-refractivity contribution in [3.8, 4) is 0 Å². The Bertz CT molecular complexity index is 21.6. The monoisotopic (exact) mass is 92.0 g/mol. The van der Waals surface area contributed by atoms with E-state index in [1.807, 2.05) is 6.92 Å². The van der Waals surface area contributed by atoms with Gasteiger partial charge in [0.1, 0.15) is 0 Å². The van der Waals surface area contributed by atoms with E-state index >= 15 is 0 Å². The van der Waals surface area contributed by atoms with E-state index in [-0.39, 0.29) is 0 Å². The highest BCUT2D eigenvalue weighted by atomic mass is 32.1. The van der Waals surface area contributed by atoms with Crippen LogP contribution in [0, 0.1) is 0 Å². The summed E-state index contributed by atoms with van der Waals surface area (Å²) >= 11 is 3.71. The number of thiol groups is 1. The summed E-state index contributed by atoms with van der Waals surface area (Å²) in [7, 11) is 0. The molecular weight excluding hydrogens is 84.1 g/mol. The average molecular weight is 92.2 g/mol. The molecule has 32 valence electrons. The molecule has 0 aromatic heterocycles. The van der Waals surface area contributed by atoms with Gasteiger partial charge in [-0.1, -0.05) is 19.7 Å². The Hall–Kier alpha value is 0.270. The lowest BCUT2D eigenvalue weighted by Gasteiger charge is -1.98. The third kappa shape index (κ3) is 4.27. The molecule has 0 rings (SSSR count). The molecule has 2 N–H and O–H groups in total. The lowest BCUT2D eigenvalue weighted by Crippen LogP contribution is -2.18. The standard InChI is InChI=1S/C2H8N2S/c1-2-4(3)5/h5H,2-3H2,1H3. The highest BCUT2D eigenvalue weighted by Gasteiger charge is 1.73. The van der Waals surface area contributed by atoms with Crippen LogP contribution < -0.4 is 5.84 Å². The number of rotatable bonds is 1. The number of hydrazine groups is 1. The molecule has 0 spiro atoms. The van der Waals surface area contributed by atoms with Gasteiger partial charge in [0.2, 0.25) is 0 Å². The zero-order chi connectivity index (χ0) is 4.28. The smallest absolute Gasteiger partial charge is 0.0211 e. The first-order valence-electron chi connectivity index (χ1n) is 1.48. The zero-order valence-corrected chi connectivity index (χ0v) is 4.07. The van der Waals surface area contributed by atoms with E-state index in [9.17, 15) is 0 Å². The van der Waals surface area contributed by atoms with Crippen molar-refractivity contribution in [1.82, 2.24) is 4.41 Å². The van der Waals surface area contributed by atoms with Crippen LogP contribution in [0.5, 0.6) is 0 Å². The first kappa shape index (κ1) is 5.27. The second kappa shape index (κ2) is 2.50. The number of hydrogen-bond acceptors (Lipinski definition) is 3. The molecule has 0 aromatic rings. The molecule has 0 aliphatic heterocycles. The van der Waals surface area contributed by atoms with E-state index in [0.29, 0.717) is 0 Å². The average Bonchev–Trinajstić information content (AvgIpc) is 1.38. The van der Waals surface area contributed by atoms with E-state index in [2.05, 4.69) is 12.8 Å². The fraction of sp³-hybridized carbons (Fsp3) is 1.00. The van der Waals surface area contributed by atoms with Crippen molar-refractivity contribution >= 4 is 12.8 Å². The summed E-state index contributed by atoms with van der Waals surface area (Å²) in [5.74, 6) is 4.99. The maximum absolute atomic E-state index is 4.99. The normalized spacial score (nSPS) is 9.60. The Kier molecular flexibility index (Phi) is 2.64. The minimum Gasteiger partial charge on any atom is -0.259 e. The summed E-state index contributed by atoms with van der Waals surface area (Å²) in [6, 6.07) is 0. The van der Waals surface area contributed by atoms with Crippen molar-refractivity contribution in [2.75, 3.05) is 6.54 Å². The molecule has 0 saturated heterocycles. The molecule has 0 bridgehead atoms. The summed E-state index contributed by atoms with van der Waals surface area (Å²) in [5.41, 5.74) is 0. The fourth-order valence-electron chi connectivity index (χ4n) is 0. The Morgan fingerprint density at radius 3 is 2.20 bits per heavy atom. The van der Waals surface area contributed by atoms with Crippen LogP contribution in [0.1, 0.15) is 6.92 Å². The second-order valence-electron chi connectivity index (χ2n) is 0.756. The fourth-order valence-corrected chi connectivity index (χ4v) is 0. The van der Waals surface area contributed by atoms with Crippen LogP contribution in [0.2, 0.25) is 0 Å². The molecule has 5 heavy (non-hydrogen) atoms. The molecule has 0 saturated carbocycles. The topological polar surface area (TPSA) is 29.3 Å². The second-order valence-corrected chi connectivity index (χ2v) is 1.27. The zero-order valence-electron chi connectivity index (χ0n) is 3.18. The molecule has 0 unspecified atom stereocenters. The van der Waals surface area contributed by atoms with Gasteiger partial charge in [0.15, 0.2) is 0 Å². The number of nitrogens with zero attached hydrogens (tertiary/aromatic N) is 1. The molecule has 2 nitrogen and oxygen atoms in total. The van der Waals surface area contributed by atoms with Crippen LogP contribution in [0.15, 0.2) is 0 Å². The predicted octanol–water partition coefficient (Wildman–Crippen LogP) is 0.0268. The molecular formula is C2H8N2S. The van der Waals surface area contributed by atoms with Gasteiger partial charge in [0.05, 0.1) is 0 Å². The van der Waals surface area contributed by atoms with Crippen molar-refractivity contribution in [3.63, 3.8) is 0 Å². The SMILES string of the molecule is CCN(N)S. The third-order valence-electron chi connectivity index (χ3n) is 0.324. The summed E-state index contributed by atoms with van der Waals surface area (Å²) in [4.78, 5) is 0. The van der Waals surface area contributed by atoms with Gasteiger partial charge >= 0.3 is 0 Å². The van der Waals surface area contributed by atoms with E-state index in [1.54, 1.807) is 0 Å². The van der Waals surface area contributed by atoms with Gasteiger partial charge < -0.3 is 0 Å². The van der Waals surface area contributed by atoms with Crippen LogP contribution in [0.25, 0.3) is 0 Å². The molecule has 0 atom stereocenters. The Balaban J connectivity index is 2.54. The predicted molar refractivity (Wildman–Crippen MR) is 25.6 cm³/mol. The molecule has 0 aliphatic carbocycles. The highest BCUT2D eigenvalue weighted by molar-refractivity contribution is 7.77. The van der Waals surface area contributed by atoms with E-state index in [1.165, 1.54) is 4.41 Å². The van der Waals surface area contributed by atoms with Gasteiger partial charge in [0, 0.05) is 6.54 Å². The highest BCUT2D eigenvalue weighted by Crippen LogP contribution is 1.73. The van der Waals surface area contributed by atoms with Crippen LogP contribution in [0.4, 0.5) is 0 Å². The van der Waals surface area contributed by atoms with Gasteiger partial charge in [-0.3, -0.25) is 5.84 Å². The van der Waals surface area contributed by atoms with Gasteiger partial charge in [0.25, 0.3) is 0 Å². The molecule has 0 aromatic carbocycles. The maximum Gasteiger partial charge on any atom is 0.0211 e. The Morgan fingerprint density at radius 1 is 2.00 bits per heavy atom. The number of nitrogens with two attached hydrogens (primary N) is 1.